The average Bonchev–Trinajstić information content (AvgIpc) is 4.30. The Balaban J connectivity index is 1.18. The van der Waals surface area contributed by atoms with E-state index in [0.29, 0.717) is 25.7 Å². The highest BCUT2D eigenvalue weighted by molar-refractivity contribution is 5.85. The van der Waals surface area contributed by atoms with E-state index in [1.165, 1.54) is 0 Å². The molecule has 0 radical (unpaired) electrons. The maximum absolute atomic E-state index is 13.8. The molecule has 3 aromatic heterocycles. The van der Waals surface area contributed by atoms with E-state index < -0.39 is 0 Å². The number of fused-ring (bicyclic) bond motifs is 16. The van der Waals surface area contributed by atoms with Gasteiger partial charge in [0.05, 0.1) is 22.8 Å². The third-order valence-corrected chi connectivity index (χ3v) is 18.4. The third kappa shape index (κ3) is 12.1. The van der Waals surface area contributed by atoms with Crippen molar-refractivity contribution >= 4 is 70.2 Å². The second-order valence-electron chi connectivity index (χ2n) is 23.6. The van der Waals surface area contributed by atoms with Crippen LogP contribution in [0.25, 0.3) is 46.4 Å². The summed E-state index contributed by atoms with van der Waals surface area (Å²) < 4.78 is 26.3. The van der Waals surface area contributed by atoms with E-state index in [1.54, 1.807) is 0 Å². The van der Waals surface area contributed by atoms with Crippen LogP contribution < -0.4 is 0 Å². The summed E-state index contributed by atoms with van der Waals surface area (Å²) in [6, 6.07) is 8.73. The fourth-order valence-electron chi connectivity index (χ4n) is 14.5. The van der Waals surface area contributed by atoms with Gasteiger partial charge in [0.2, 0.25) is 0 Å². The van der Waals surface area contributed by atoms with Crippen molar-refractivity contribution < 1.29 is 38.1 Å². The molecule has 0 amide bonds. The van der Waals surface area contributed by atoms with Gasteiger partial charge in [-0.3, -0.25) is 19.2 Å². The number of nitrogens with zero attached hydrogens (tertiary/aromatic N) is 2. The van der Waals surface area contributed by atoms with Gasteiger partial charge < -0.3 is 28.9 Å². The lowest BCUT2D eigenvalue weighted by Crippen LogP contribution is -2.30. The number of nitrogens with one attached hydrogen (secondary N) is 2. The van der Waals surface area contributed by atoms with Crippen molar-refractivity contribution in [3.8, 4) is 0 Å². The molecule has 12 heteroatoms. The predicted octanol–water partition coefficient (Wildman–Crippen LogP) is 15.2. The number of carbonyl (C=O) groups is 4. The maximum Gasteiger partial charge on any atom is 0.306 e. The van der Waals surface area contributed by atoms with Gasteiger partial charge in [0.1, 0.15) is 24.4 Å². The summed E-state index contributed by atoms with van der Waals surface area (Å²) in [6.45, 7) is 0. The second kappa shape index (κ2) is 24.9. The summed E-state index contributed by atoms with van der Waals surface area (Å²) in [4.78, 5) is 74.6. The number of H-pyrrole nitrogens is 2. The van der Waals surface area contributed by atoms with Crippen molar-refractivity contribution in [3.05, 3.63) is 69.3 Å². The first-order valence-electron chi connectivity index (χ1n) is 30.3. The van der Waals surface area contributed by atoms with Gasteiger partial charge in [0.15, 0.2) is 0 Å². The molecule has 4 saturated carbocycles. The van der Waals surface area contributed by atoms with Gasteiger partial charge in [-0.1, -0.05) is 77.0 Å². The van der Waals surface area contributed by atoms with Gasteiger partial charge in [-0.2, -0.15) is 0 Å². The second-order valence-corrected chi connectivity index (χ2v) is 23.6. The SMILES string of the molecule is O=C1CCCCCCCCC(=O)O[C@H]2CCCC[C@@H]2c2c3nc(c(c4ccc([nH]4)c4c5nc(c(c6ccc2[nH]6)[C@H]2CCCC[C@@H]2OC(=O)CCCCCCCCC(=O)O[C@H]2CCCC[C@H]42)C=C5)[C@H]2CCCC[C@@H]2O1)C=C3. The zero-order chi connectivity index (χ0) is 51.8. The van der Waals surface area contributed by atoms with Crippen molar-refractivity contribution in [1.82, 2.24) is 19.9 Å². The number of esters is 4. The highest BCUT2D eigenvalue weighted by Gasteiger charge is 2.39. The first-order chi connectivity index (χ1) is 37.3. The van der Waals surface area contributed by atoms with Crippen LogP contribution in [-0.2, 0) is 38.1 Å². The summed E-state index contributed by atoms with van der Waals surface area (Å²) in [7, 11) is 0. The first-order valence-corrected chi connectivity index (χ1v) is 30.3. The van der Waals surface area contributed by atoms with Crippen LogP contribution >= 0.6 is 0 Å². The Morgan fingerprint density at radius 2 is 0.526 bits per heavy atom. The van der Waals surface area contributed by atoms with Crippen LogP contribution in [-0.4, -0.2) is 68.2 Å². The number of ether oxygens (including phenoxy) is 4. The fourth-order valence-corrected chi connectivity index (χ4v) is 14.5. The number of aromatic nitrogens is 4. The average molecular weight is 1040 g/mol. The van der Waals surface area contributed by atoms with Gasteiger partial charge >= 0.3 is 23.9 Å². The smallest absolute Gasteiger partial charge is 0.306 e. The van der Waals surface area contributed by atoms with Crippen LogP contribution in [0.1, 0.15) is 274 Å². The van der Waals surface area contributed by atoms with Gasteiger partial charge in [-0.05, 0) is 151 Å². The lowest BCUT2D eigenvalue weighted by Gasteiger charge is -2.32. The molecule has 12 bridgehead atoms. The molecule has 7 heterocycles. The molecule has 8 atom stereocenters. The highest BCUT2D eigenvalue weighted by atomic mass is 16.6. The van der Waals surface area contributed by atoms with E-state index >= 15 is 0 Å². The fraction of sp³-hybridized carbons (Fsp3) is 0.625. The molecule has 8 aliphatic rings. The van der Waals surface area contributed by atoms with E-state index in [2.05, 4.69) is 58.5 Å². The van der Waals surface area contributed by atoms with E-state index in [-0.39, 0.29) is 72.0 Å². The summed E-state index contributed by atoms with van der Waals surface area (Å²) in [5.41, 5.74) is 11.2. The van der Waals surface area contributed by atoms with Crippen LogP contribution in [0.15, 0.2) is 24.3 Å². The Morgan fingerprint density at radius 3 is 0.776 bits per heavy atom. The minimum Gasteiger partial charge on any atom is -0.462 e. The van der Waals surface area contributed by atoms with E-state index in [0.717, 1.165) is 247 Å². The number of rotatable bonds is 0. The Labute approximate surface area is 449 Å². The molecule has 2 N–H and O–H groups in total. The normalized spacial score (nSPS) is 28.8. The van der Waals surface area contributed by atoms with Gasteiger partial charge in [-0.15, -0.1) is 0 Å². The zero-order valence-corrected chi connectivity index (χ0v) is 45.0. The lowest BCUT2D eigenvalue weighted by molar-refractivity contribution is -0.152. The molecule has 0 aromatic carbocycles. The van der Waals surface area contributed by atoms with Crippen molar-refractivity contribution in [2.24, 2.45) is 0 Å². The molecular formula is C64H82N4O8. The number of carbonyl (C=O) groups excluding carboxylic acids is 4. The first kappa shape index (κ1) is 52.5. The van der Waals surface area contributed by atoms with Gasteiger partial charge in [-0.25, -0.2) is 9.97 Å². The maximum atomic E-state index is 13.8. The molecule has 4 aliphatic heterocycles. The van der Waals surface area contributed by atoms with E-state index in [1.807, 2.05) is 0 Å². The Bertz CT molecular complexity index is 2460. The largest absolute Gasteiger partial charge is 0.462 e. The summed E-state index contributed by atoms with van der Waals surface area (Å²) in [6.07, 6.45) is 34.5. The monoisotopic (exact) mass is 1030 g/mol. The minimum atomic E-state index is -0.306. The van der Waals surface area contributed by atoms with Crippen molar-refractivity contribution in [2.45, 2.75) is 254 Å². The molecule has 0 unspecified atom stereocenters. The van der Waals surface area contributed by atoms with Crippen LogP contribution in [0.2, 0.25) is 0 Å². The molecule has 0 saturated heterocycles. The van der Waals surface area contributed by atoms with Crippen LogP contribution in [0.5, 0.6) is 0 Å². The third-order valence-electron chi connectivity index (χ3n) is 18.4. The zero-order valence-electron chi connectivity index (χ0n) is 45.0. The number of aromatic amines is 2. The quantitative estimate of drug-likeness (QED) is 0.113. The number of hydrogen-bond acceptors (Lipinski definition) is 10. The summed E-state index contributed by atoms with van der Waals surface area (Å²) >= 11 is 0. The Morgan fingerprint density at radius 1 is 0.303 bits per heavy atom. The molecular weight excluding hydrogens is 953 g/mol. The molecule has 11 rings (SSSR count). The standard InChI is InChI=1S/C64H82N4O8/c69-57-29-9-5-1-2-6-10-30-58(70)74-54-26-18-14-22-42(54)62-46-34-33-45(65-46)61(41-21-13-17-25-53(41)73-57)49-37-38-51(67-49)63-43-23-15-19-27-55(43)75-59(71)31-11-7-3-4-8-12-32-60(72)76-56-28-20-16-24-44(56)64(48-36-35-47(63)66-48)52-40-39-50(62)68-52/h33-44,53-56,67-68H,1-32H2/t41-,42-,43-,44-,53-,54-,55-,56-/m0/s1. The molecule has 4 aliphatic carbocycles. The predicted molar refractivity (Wildman–Crippen MR) is 297 cm³/mol. The van der Waals surface area contributed by atoms with Crippen LogP contribution in [0.3, 0.4) is 0 Å². The molecule has 3 aromatic rings. The van der Waals surface area contributed by atoms with Crippen LogP contribution in [0, 0.1) is 0 Å². The number of hydrogen-bond donors (Lipinski definition) is 2. The van der Waals surface area contributed by atoms with Crippen molar-refractivity contribution in [1.29, 1.82) is 0 Å². The Hall–Kier alpha value is -5.52. The van der Waals surface area contributed by atoms with Gasteiger partial charge in [0, 0.05) is 93.7 Å². The van der Waals surface area contributed by atoms with Crippen LogP contribution in [0.4, 0.5) is 0 Å². The molecule has 12 nitrogen and oxygen atoms in total. The molecule has 76 heavy (non-hydrogen) atoms. The van der Waals surface area contributed by atoms with Crippen molar-refractivity contribution in [2.75, 3.05) is 0 Å². The summed E-state index contributed by atoms with van der Waals surface area (Å²) in [5.74, 6) is -0.992. The van der Waals surface area contributed by atoms with E-state index in [9.17, 15) is 19.2 Å². The topological polar surface area (TPSA) is 163 Å². The Kier molecular flexibility index (Phi) is 17.2. The molecule has 406 valence electrons. The van der Waals surface area contributed by atoms with Gasteiger partial charge in [0.25, 0.3) is 0 Å². The van der Waals surface area contributed by atoms with Crippen molar-refractivity contribution in [3.63, 3.8) is 0 Å². The molecule has 0 spiro atoms. The molecule has 4 fully saturated rings. The minimum absolute atomic E-state index is 0.112. The summed E-state index contributed by atoms with van der Waals surface area (Å²) in [5, 5.41) is 0. The lowest BCUT2D eigenvalue weighted by atomic mass is 9.80. The van der Waals surface area contributed by atoms with E-state index in [4.69, 9.17) is 28.9 Å². The highest BCUT2D eigenvalue weighted by Crippen LogP contribution is 2.46.